The van der Waals surface area contributed by atoms with Gasteiger partial charge in [0.25, 0.3) is 0 Å². The fourth-order valence-electron chi connectivity index (χ4n) is 4.57. The molecule has 0 unspecified atom stereocenters. The van der Waals surface area contributed by atoms with Crippen molar-refractivity contribution in [2.24, 2.45) is 5.73 Å². The predicted molar refractivity (Wildman–Crippen MR) is 128 cm³/mol. The number of likely N-dealkylation sites (N-methyl/N-ethyl adjacent to an activating group) is 1. The number of benzene rings is 3. The average molecular weight is 436 g/mol. The quantitative estimate of drug-likeness (QED) is 0.575. The zero-order valence-corrected chi connectivity index (χ0v) is 18.7. The van der Waals surface area contributed by atoms with Crippen LogP contribution in [0, 0.1) is 0 Å². The SMILES string of the molecule is CCN(Cc1ccccc1)C1(C(N)=O)CN(C(c2ccccc2)c2ccccc2)C1.Cl. The van der Waals surface area contributed by atoms with Gasteiger partial charge in [-0.3, -0.25) is 14.6 Å². The summed E-state index contributed by atoms with van der Waals surface area (Å²) in [4.78, 5) is 17.3. The summed E-state index contributed by atoms with van der Waals surface area (Å²) in [6.07, 6.45) is 0. The maximum atomic E-state index is 12.7. The third kappa shape index (κ3) is 4.67. The molecule has 1 heterocycles. The second kappa shape index (κ2) is 10.1. The van der Waals surface area contributed by atoms with Crippen molar-refractivity contribution in [1.82, 2.24) is 9.80 Å². The summed E-state index contributed by atoms with van der Waals surface area (Å²) < 4.78 is 0. The van der Waals surface area contributed by atoms with E-state index in [1.807, 2.05) is 30.3 Å². The monoisotopic (exact) mass is 435 g/mol. The molecule has 1 saturated heterocycles. The van der Waals surface area contributed by atoms with Gasteiger partial charge >= 0.3 is 0 Å². The first-order valence-corrected chi connectivity index (χ1v) is 10.6. The maximum Gasteiger partial charge on any atom is 0.240 e. The molecular formula is C26H30ClN3O. The maximum absolute atomic E-state index is 12.7. The van der Waals surface area contributed by atoms with E-state index in [4.69, 9.17) is 5.73 Å². The van der Waals surface area contributed by atoms with Gasteiger partial charge < -0.3 is 5.73 Å². The van der Waals surface area contributed by atoms with Crippen LogP contribution in [0.2, 0.25) is 0 Å². The van der Waals surface area contributed by atoms with Gasteiger partial charge in [0, 0.05) is 19.6 Å². The van der Waals surface area contributed by atoms with Crippen LogP contribution in [0.3, 0.4) is 0 Å². The normalized spacial score (nSPS) is 15.3. The van der Waals surface area contributed by atoms with Gasteiger partial charge in [-0.15, -0.1) is 12.4 Å². The molecular weight excluding hydrogens is 406 g/mol. The van der Waals surface area contributed by atoms with Gasteiger partial charge in [-0.25, -0.2) is 0 Å². The summed E-state index contributed by atoms with van der Waals surface area (Å²) >= 11 is 0. The number of rotatable bonds is 8. The van der Waals surface area contributed by atoms with Crippen LogP contribution >= 0.6 is 12.4 Å². The van der Waals surface area contributed by atoms with Crippen molar-refractivity contribution in [2.45, 2.75) is 25.0 Å². The Kier molecular flexibility index (Phi) is 7.50. The highest BCUT2D eigenvalue weighted by molar-refractivity contribution is 5.86. The summed E-state index contributed by atoms with van der Waals surface area (Å²) in [7, 11) is 0. The fraction of sp³-hybridized carbons (Fsp3) is 0.269. The molecule has 31 heavy (non-hydrogen) atoms. The van der Waals surface area contributed by atoms with Crippen LogP contribution in [0.4, 0.5) is 0 Å². The molecule has 3 aromatic carbocycles. The molecule has 1 fully saturated rings. The van der Waals surface area contributed by atoms with Crippen molar-refractivity contribution in [2.75, 3.05) is 19.6 Å². The smallest absolute Gasteiger partial charge is 0.240 e. The molecule has 2 N–H and O–H groups in total. The van der Waals surface area contributed by atoms with Crippen molar-refractivity contribution in [3.8, 4) is 0 Å². The molecule has 0 bridgehead atoms. The van der Waals surface area contributed by atoms with Crippen LogP contribution in [0.15, 0.2) is 91.0 Å². The first-order valence-electron chi connectivity index (χ1n) is 10.6. The first kappa shape index (κ1) is 23.0. The molecule has 0 atom stereocenters. The van der Waals surface area contributed by atoms with E-state index in [0.717, 1.165) is 13.1 Å². The topological polar surface area (TPSA) is 49.6 Å². The molecule has 1 amide bonds. The number of halogens is 1. The number of primary amides is 1. The van der Waals surface area contributed by atoms with Crippen molar-refractivity contribution in [3.05, 3.63) is 108 Å². The Morgan fingerprint density at radius 1 is 0.903 bits per heavy atom. The molecule has 1 aliphatic heterocycles. The Hall–Kier alpha value is -2.66. The lowest BCUT2D eigenvalue weighted by Crippen LogP contribution is -2.75. The highest BCUT2D eigenvalue weighted by atomic mass is 35.5. The largest absolute Gasteiger partial charge is 0.368 e. The number of carbonyl (C=O) groups excluding carboxylic acids is 1. The molecule has 0 aromatic heterocycles. The number of hydrogen-bond donors (Lipinski definition) is 1. The Morgan fingerprint density at radius 3 is 1.77 bits per heavy atom. The molecule has 3 aromatic rings. The zero-order valence-electron chi connectivity index (χ0n) is 17.9. The van der Waals surface area contributed by atoms with Gasteiger partial charge in [0.1, 0.15) is 5.54 Å². The number of likely N-dealkylation sites (tertiary alicyclic amines) is 1. The van der Waals surface area contributed by atoms with Crippen LogP contribution in [0.5, 0.6) is 0 Å². The molecule has 4 rings (SSSR count). The second-order valence-electron chi connectivity index (χ2n) is 8.02. The molecule has 162 valence electrons. The Balaban J connectivity index is 0.00000272. The van der Waals surface area contributed by atoms with E-state index in [1.54, 1.807) is 0 Å². The molecule has 0 radical (unpaired) electrons. The summed E-state index contributed by atoms with van der Waals surface area (Å²) in [6, 6.07) is 31.4. The average Bonchev–Trinajstić information content (AvgIpc) is 2.76. The van der Waals surface area contributed by atoms with Gasteiger partial charge in [0.15, 0.2) is 0 Å². The summed E-state index contributed by atoms with van der Waals surface area (Å²) in [5, 5.41) is 0. The van der Waals surface area contributed by atoms with E-state index in [1.165, 1.54) is 16.7 Å². The van der Waals surface area contributed by atoms with Gasteiger partial charge in [-0.1, -0.05) is 97.9 Å². The number of nitrogens with zero attached hydrogens (tertiary/aromatic N) is 2. The van der Waals surface area contributed by atoms with E-state index in [2.05, 4.69) is 77.4 Å². The molecule has 0 saturated carbocycles. The van der Waals surface area contributed by atoms with E-state index in [0.29, 0.717) is 13.1 Å². The van der Waals surface area contributed by atoms with Crippen molar-refractivity contribution in [3.63, 3.8) is 0 Å². The Morgan fingerprint density at radius 2 is 1.35 bits per heavy atom. The third-order valence-electron chi connectivity index (χ3n) is 6.19. The van der Waals surface area contributed by atoms with Crippen LogP contribution < -0.4 is 5.73 Å². The molecule has 5 heteroatoms. The summed E-state index contributed by atoms with van der Waals surface area (Å²) in [5.74, 6) is -0.239. The highest BCUT2D eigenvalue weighted by Crippen LogP contribution is 2.39. The number of amides is 1. The standard InChI is InChI=1S/C26H29N3O.ClH/c1-2-29(18-21-12-6-3-7-13-21)26(25(27)30)19-28(20-26)24(22-14-8-4-9-15-22)23-16-10-5-11-17-23;/h3-17,24H,2,18-20H2,1H3,(H2,27,30);1H. The van der Waals surface area contributed by atoms with Gasteiger partial charge in [0.05, 0.1) is 6.04 Å². The molecule has 1 aliphatic rings. The van der Waals surface area contributed by atoms with Gasteiger partial charge in [-0.05, 0) is 23.2 Å². The van der Waals surface area contributed by atoms with E-state index in [9.17, 15) is 4.79 Å². The van der Waals surface area contributed by atoms with Crippen LogP contribution in [-0.4, -0.2) is 40.9 Å². The lowest BCUT2D eigenvalue weighted by atomic mass is 9.82. The fourth-order valence-corrected chi connectivity index (χ4v) is 4.57. The van der Waals surface area contributed by atoms with Crippen LogP contribution in [-0.2, 0) is 11.3 Å². The Labute approximate surface area is 191 Å². The van der Waals surface area contributed by atoms with Crippen LogP contribution in [0.1, 0.15) is 29.7 Å². The van der Waals surface area contributed by atoms with E-state index >= 15 is 0 Å². The number of hydrogen-bond acceptors (Lipinski definition) is 3. The predicted octanol–water partition coefficient (Wildman–Crippen LogP) is 4.26. The minimum absolute atomic E-state index is 0. The van der Waals surface area contributed by atoms with Crippen molar-refractivity contribution < 1.29 is 4.79 Å². The Bertz CT molecular complexity index is 920. The van der Waals surface area contributed by atoms with Crippen LogP contribution in [0.25, 0.3) is 0 Å². The first-order chi connectivity index (χ1) is 14.6. The lowest BCUT2D eigenvalue weighted by Gasteiger charge is -2.56. The van der Waals surface area contributed by atoms with E-state index in [-0.39, 0.29) is 24.4 Å². The van der Waals surface area contributed by atoms with Gasteiger partial charge in [0.2, 0.25) is 5.91 Å². The minimum atomic E-state index is -0.646. The number of nitrogens with two attached hydrogens (primary N) is 1. The van der Waals surface area contributed by atoms with Crippen molar-refractivity contribution >= 4 is 18.3 Å². The second-order valence-corrected chi connectivity index (χ2v) is 8.02. The lowest BCUT2D eigenvalue weighted by molar-refractivity contribution is -0.146. The highest BCUT2D eigenvalue weighted by Gasteiger charge is 2.53. The van der Waals surface area contributed by atoms with Gasteiger partial charge in [-0.2, -0.15) is 0 Å². The molecule has 4 nitrogen and oxygen atoms in total. The van der Waals surface area contributed by atoms with Crippen molar-refractivity contribution in [1.29, 1.82) is 0 Å². The summed E-state index contributed by atoms with van der Waals surface area (Å²) in [5.41, 5.74) is 9.00. The zero-order chi connectivity index (χ0) is 21.0. The molecule has 0 spiro atoms. The third-order valence-corrected chi connectivity index (χ3v) is 6.19. The summed E-state index contributed by atoms with van der Waals surface area (Å²) in [6.45, 7) is 4.83. The molecule has 0 aliphatic carbocycles. The minimum Gasteiger partial charge on any atom is -0.368 e. The van der Waals surface area contributed by atoms with E-state index < -0.39 is 5.54 Å². The number of carbonyl (C=O) groups is 1.